The van der Waals surface area contributed by atoms with E-state index in [4.69, 9.17) is 9.15 Å². The summed E-state index contributed by atoms with van der Waals surface area (Å²) >= 11 is 1.70. The van der Waals surface area contributed by atoms with Crippen molar-refractivity contribution in [2.45, 2.75) is 11.7 Å². The molecule has 0 saturated heterocycles. The number of ether oxygens (including phenoxy) is 1. The molecule has 0 aliphatic carbocycles. The average Bonchev–Trinajstić information content (AvgIpc) is 3.14. The predicted octanol–water partition coefficient (Wildman–Crippen LogP) is 3.05. The van der Waals surface area contributed by atoms with Gasteiger partial charge in [-0.15, -0.1) is 0 Å². The Morgan fingerprint density at radius 1 is 1.38 bits per heavy atom. The van der Waals surface area contributed by atoms with E-state index in [1.807, 2.05) is 30.3 Å². The summed E-state index contributed by atoms with van der Waals surface area (Å²) < 4.78 is 10.5. The molecule has 2 N–H and O–H groups in total. The number of furan rings is 1. The van der Waals surface area contributed by atoms with Crippen LogP contribution in [-0.4, -0.2) is 29.4 Å². The van der Waals surface area contributed by atoms with Crippen LogP contribution in [0.25, 0.3) is 11.0 Å². The molecule has 21 heavy (non-hydrogen) atoms. The van der Waals surface area contributed by atoms with E-state index in [1.165, 1.54) is 0 Å². The third-order valence-electron chi connectivity index (χ3n) is 3.06. The molecule has 110 valence electrons. The maximum Gasteiger partial charge on any atom is 0.166 e. The van der Waals surface area contributed by atoms with Gasteiger partial charge >= 0.3 is 0 Å². The highest BCUT2D eigenvalue weighted by Gasteiger charge is 2.04. The Kier molecular flexibility index (Phi) is 4.47. The van der Waals surface area contributed by atoms with Crippen molar-refractivity contribution in [2.75, 3.05) is 19.4 Å². The molecule has 6 heteroatoms. The zero-order valence-electron chi connectivity index (χ0n) is 11.8. The first kappa shape index (κ1) is 14.0. The lowest BCUT2D eigenvalue weighted by Gasteiger charge is -2.00. The molecule has 0 atom stereocenters. The van der Waals surface area contributed by atoms with Crippen molar-refractivity contribution in [3.8, 4) is 5.75 Å². The minimum Gasteiger partial charge on any atom is -0.497 e. The molecule has 0 radical (unpaired) electrons. The molecule has 0 unspecified atom stereocenters. The number of benzene rings is 1. The van der Waals surface area contributed by atoms with Crippen LogP contribution in [0.2, 0.25) is 0 Å². The van der Waals surface area contributed by atoms with Crippen LogP contribution in [-0.2, 0) is 6.54 Å². The van der Waals surface area contributed by atoms with Crippen LogP contribution in [0.5, 0.6) is 5.75 Å². The van der Waals surface area contributed by atoms with Gasteiger partial charge in [0.2, 0.25) is 0 Å². The van der Waals surface area contributed by atoms with E-state index >= 15 is 0 Å². The minimum absolute atomic E-state index is 0.755. The van der Waals surface area contributed by atoms with Crippen molar-refractivity contribution in [3.63, 3.8) is 0 Å². The predicted molar refractivity (Wildman–Crippen MR) is 83.8 cm³/mol. The maximum absolute atomic E-state index is 5.26. The largest absolute Gasteiger partial charge is 0.497 e. The zero-order chi connectivity index (χ0) is 14.5. The van der Waals surface area contributed by atoms with Crippen molar-refractivity contribution in [1.29, 1.82) is 0 Å². The summed E-state index contributed by atoms with van der Waals surface area (Å²) in [7, 11) is 1.66. The van der Waals surface area contributed by atoms with Gasteiger partial charge in [-0.05, 0) is 24.3 Å². The van der Waals surface area contributed by atoms with Gasteiger partial charge in [0.25, 0.3) is 0 Å². The molecule has 2 aromatic heterocycles. The smallest absolute Gasteiger partial charge is 0.166 e. The number of aromatic nitrogens is 2. The van der Waals surface area contributed by atoms with Gasteiger partial charge in [0.05, 0.1) is 31.0 Å². The maximum atomic E-state index is 5.26. The van der Waals surface area contributed by atoms with Crippen LogP contribution in [0.15, 0.2) is 46.2 Å². The molecule has 3 aromatic rings. The highest BCUT2D eigenvalue weighted by atomic mass is 32.2. The van der Waals surface area contributed by atoms with Gasteiger partial charge in [0.1, 0.15) is 11.5 Å². The Morgan fingerprint density at radius 3 is 3.14 bits per heavy atom. The number of fused-ring (bicyclic) bond motifs is 1. The fourth-order valence-corrected chi connectivity index (χ4v) is 2.79. The third kappa shape index (κ3) is 3.59. The van der Waals surface area contributed by atoms with Crippen molar-refractivity contribution >= 4 is 22.8 Å². The summed E-state index contributed by atoms with van der Waals surface area (Å²) in [6.07, 6.45) is 1.69. The van der Waals surface area contributed by atoms with E-state index in [0.717, 1.165) is 46.5 Å². The summed E-state index contributed by atoms with van der Waals surface area (Å²) in [5.41, 5.74) is 1.96. The van der Waals surface area contributed by atoms with Gasteiger partial charge in [0, 0.05) is 18.4 Å². The fraction of sp³-hybridized carbons (Fsp3) is 0.267. The number of aromatic amines is 1. The summed E-state index contributed by atoms with van der Waals surface area (Å²) in [6.45, 7) is 1.65. The molecule has 0 fully saturated rings. The molecule has 0 aliphatic heterocycles. The summed E-state index contributed by atoms with van der Waals surface area (Å²) in [5, 5.41) is 4.26. The third-order valence-corrected chi connectivity index (χ3v) is 3.94. The van der Waals surface area contributed by atoms with Gasteiger partial charge < -0.3 is 19.5 Å². The molecule has 0 bridgehead atoms. The number of nitrogens with one attached hydrogen (secondary N) is 2. The van der Waals surface area contributed by atoms with Crippen LogP contribution >= 0.6 is 11.8 Å². The number of nitrogens with zero attached hydrogens (tertiary/aromatic N) is 1. The van der Waals surface area contributed by atoms with Crippen molar-refractivity contribution in [3.05, 3.63) is 42.4 Å². The van der Waals surface area contributed by atoms with E-state index in [-0.39, 0.29) is 0 Å². The second-order valence-corrected chi connectivity index (χ2v) is 5.61. The van der Waals surface area contributed by atoms with Crippen molar-refractivity contribution < 1.29 is 9.15 Å². The molecule has 2 heterocycles. The monoisotopic (exact) mass is 303 g/mol. The van der Waals surface area contributed by atoms with Crippen LogP contribution < -0.4 is 10.1 Å². The normalized spacial score (nSPS) is 11.1. The first-order valence-electron chi connectivity index (χ1n) is 6.75. The molecule has 0 saturated carbocycles. The quantitative estimate of drug-likeness (QED) is 0.519. The molecule has 1 aromatic carbocycles. The Morgan fingerprint density at radius 2 is 2.33 bits per heavy atom. The van der Waals surface area contributed by atoms with Gasteiger partial charge in [-0.2, -0.15) is 0 Å². The lowest BCUT2D eigenvalue weighted by atomic mass is 10.3. The molecule has 3 rings (SSSR count). The van der Waals surface area contributed by atoms with E-state index in [1.54, 1.807) is 25.1 Å². The van der Waals surface area contributed by atoms with E-state index in [0.29, 0.717) is 0 Å². The zero-order valence-corrected chi connectivity index (χ0v) is 12.6. The SMILES string of the molecule is COc1ccc2nc(SCCNCc3ccco3)[nH]c2c1. The lowest BCUT2D eigenvalue weighted by Crippen LogP contribution is -2.16. The molecular formula is C15H17N3O2S. The van der Waals surface area contributed by atoms with E-state index < -0.39 is 0 Å². The standard InChI is InChI=1S/C15H17N3O2S/c1-19-11-4-5-13-14(9-11)18-15(17-13)21-8-6-16-10-12-3-2-7-20-12/h2-5,7,9,16H,6,8,10H2,1H3,(H,17,18). The average molecular weight is 303 g/mol. The van der Waals surface area contributed by atoms with Gasteiger partial charge in [0.15, 0.2) is 5.16 Å². The summed E-state index contributed by atoms with van der Waals surface area (Å²) in [4.78, 5) is 7.84. The van der Waals surface area contributed by atoms with Crippen LogP contribution in [0.3, 0.4) is 0 Å². The van der Waals surface area contributed by atoms with E-state index in [2.05, 4.69) is 15.3 Å². The number of methoxy groups -OCH3 is 1. The first-order chi connectivity index (χ1) is 10.3. The Balaban J connectivity index is 1.48. The Labute approximate surface area is 127 Å². The second-order valence-electron chi connectivity index (χ2n) is 4.53. The van der Waals surface area contributed by atoms with E-state index in [9.17, 15) is 0 Å². The number of H-pyrrole nitrogens is 1. The van der Waals surface area contributed by atoms with Crippen molar-refractivity contribution in [2.24, 2.45) is 0 Å². The Hall–Kier alpha value is -1.92. The second kappa shape index (κ2) is 6.69. The number of imidazole rings is 1. The van der Waals surface area contributed by atoms with Gasteiger partial charge in [-0.1, -0.05) is 11.8 Å². The molecule has 0 aliphatic rings. The lowest BCUT2D eigenvalue weighted by molar-refractivity contribution is 0.415. The molecular weight excluding hydrogens is 286 g/mol. The van der Waals surface area contributed by atoms with Crippen LogP contribution in [0, 0.1) is 0 Å². The molecule has 0 spiro atoms. The minimum atomic E-state index is 0.755. The molecule has 5 nitrogen and oxygen atoms in total. The highest BCUT2D eigenvalue weighted by Crippen LogP contribution is 2.22. The number of rotatable bonds is 7. The summed E-state index contributed by atoms with van der Waals surface area (Å²) in [5.74, 6) is 2.73. The summed E-state index contributed by atoms with van der Waals surface area (Å²) in [6, 6.07) is 9.70. The van der Waals surface area contributed by atoms with Gasteiger partial charge in [-0.3, -0.25) is 0 Å². The number of hydrogen-bond donors (Lipinski definition) is 2. The highest BCUT2D eigenvalue weighted by molar-refractivity contribution is 7.99. The Bertz CT molecular complexity index is 694. The topological polar surface area (TPSA) is 63.1 Å². The molecule has 0 amide bonds. The number of hydrogen-bond acceptors (Lipinski definition) is 5. The first-order valence-corrected chi connectivity index (χ1v) is 7.73. The van der Waals surface area contributed by atoms with Crippen LogP contribution in [0.4, 0.5) is 0 Å². The fourth-order valence-electron chi connectivity index (χ4n) is 2.01. The van der Waals surface area contributed by atoms with Crippen molar-refractivity contribution in [1.82, 2.24) is 15.3 Å². The number of thioether (sulfide) groups is 1. The van der Waals surface area contributed by atoms with Gasteiger partial charge in [-0.25, -0.2) is 4.98 Å². The van der Waals surface area contributed by atoms with Crippen LogP contribution in [0.1, 0.15) is 5.76 Å².